The maximum absolute atomic E-state index is 13.6. The molecule has 0 aliphatic carbocycles. The van der Waals surface area contributed by atoms with Crippen molar-refractivity contribution < 1.29 is 9.50 Å². The summed E-state index contributed by atoms with van der Waals surface area (Å²) >= 11 is 3.42. The molecule has 0 aliphatic rings. The van der Waals surface area contributed by atoms with Crippen molar-refractivity contribution in [2.75, 3.05) is 6.54 Å². The van der Waals surface area contributed by atoms with Crippen molar-refractivity contribution in [3.8, 4) is 5.75 Å². The number of benzene rings is 2. The van der Waals surface area contributed by atoms with E-state index in [9.17, 15) is 9.50 Å². The minimum Gasteiger partial charge on any atom is -0.508 e. The molecule has 0 radical (unpaired) electrons. The van der Waals surface area contributed by atoms with Crippen molar-refractivity contribution in [1.29, 1.82) is 0 Å². The van der Waals surface area contributed by atoms with E-state index in [4.69, 9.17) is 0 Å². The van der Waals surface area contributed by atoms with Crippen LogP contribution in [0.25, 0.3) is 0 Å². The molecule has 2 aromatic carbocycles. The zero-order chi connectivity index (χ0) is 15.2. The molecule has 2 N–H and O–H groups in total. The van der Waals surface area contributed by atoms with Gasteiger partial charge in [0.25, 0.3) is 0 Å². The summed E-state index contributed by atoms with van der Waals surface area (Å²) in [5.74, 6) is 0.112. The largest absolute Gasteiger partial charge is 0.508 e. The first-order valence-electron chi connectivity index (χ1n) is 7.07. The van der Waals surface area contributed by atoms with Gasteiger partial charge in [-0.25, -0.2) is 4.39 Å². The summed E-state index contributed by atoms with van der Waals surface area (Å²) < 4.78 is 14.5. The lowest BCUT2D eigenvalue weighted by Gasteiger charge is -2.19. The van der Waals surface area contributed by atoms with Crippen LogP contribution in [0, 0.1) is 5.82 Å². The molecule has 4 heteroatoms. The van der Waals surface area contributed by atoms with Crippen LogP contribution in [0.2, 0.25) is 0 Å². The van der Waals surface area contributed by atoms with Crippen LogP contribution in [0.4, 0.5) is 4.39 Å². The van der Waals surface area contributed by atoms with Gasteiger partial charge >= 0.3 is 0 Å². The van der Waals surface area contributed by atoms with Gasteiger partial charge in [0, 0.05) is 16.1 Å². The van der Waals surface area contributed by atoms with Crippen LogP contribution in [-0.4, -0.2) is 11.7 Å². The highest BCUT2D eigenvalue weighted by atomic mass is 79.9. The number of hydrogen-bond donors (Lipinski definition) is 2. The molecule has 0 aliphatic heterocycles. The summed E-state index contributed by atoms with van der Waals surface area (Å²) in [5, 5.41) is 13.4. The van der Waals surface area contributed by atoms with Gasteiger partial charge in [0.05, 0.1) is 0 Å². The number of hydrogen-bond acceptors (Lipinski definition) is 2. The third-order valence-corrected chi connectivity index (χ3v) is 4.01. The molecule has 0 bridgehead atoms. The molecule has 0 saturated carbocycles. The molecule has 2 nitrogen and oxygen atoms in total. The summed E-state index contributed by atoms with van der Waals surface area (Å²) in [7, 11) is 0. The minimum atomic E-state index is -0.169. The quantitative estimate of drug-likeness (QED) is 0.798. The Balaban J connectivity index is 2.00. The van der Waals surface area contributed by atoms with Gasteiger partial charge in [-0.3, -0.25) is 0 Å². The number of nitrogens with one attached hydrogen (secondary N) is 1. The Bertz CT molecular complexity index is 603. The Labute approximate surface area is 133 Å². The third kappa shape index (κ3) is 4.29. The van der Waals surface area contributed by atoms with E-state index in [0.29, 0.717) is 18.5 Å². The topological polar surface area (TPSA) is 32.3 Å². The van der Waals surface area contributed by atoms with Crippen LogP contribution >= 0.6 is 15.9 Å². The minimum absolute atomic E-state index is 0.0503. The lowest BCUT2D eigenvalue weighted by Crippen LogP contribution is -2.23. The standard InChI is InChI=1S/C17H19BrFNO/c1-2-16(14-11-13(18)7-8-17(14)21)20-10-9-12-5-3-4-6-15(12)19/h3-8,11,16,20-21H,2,9-10H2,1H3. The Morgan fingerprint density at radius 2 is 2.00 bits per heavy atom. The van der Waals surface area contributed by atoms with E-state index in [0.717, 1.165) is 16.5 Å². The molecule has 0 amide bonds. The number of rotatable bonds is 6. The van der Waals surface area contributed by atoms with Crippen molar-refractivity contribution in [3.05, 3.63) is 63.9 Å². The number of phenolic OH excluding ortho intramolecular Hbond substituents is 1. The maximum atomic E-state index is 13.6. The fourth-order valence-electron chi connectivity index (χ4n) is 2.36. The van der Waals surface area contributed by atoms with Gasteiger partial charge in [-0.05, 0) is 49.2 Å². The summed E-state index contributed by atoms with van der Waals surface area (Å²) in [6, 6.07) is 12.3. The van der Waals surface area contributed by atoms with E-state index in [2.05, 4.69) is 28.2 Å². The fourth-order valence-corrected chi connectivity index (χ4v) is 2.74. The molecule has 2 rings (SSSR count). The van der Waals surface area contributed by atoms with Crippen LogP contribution < -0.4 is 5.32 Å². The van der Waals surface area contributed by atoms with Crippen molar-refractivity contribution in [1.82, 2.24) is 5.32 Å². The van der Waals surface area contributed by atoms with Crippen LogP contribution in [0.1, 0.15) is 30.5 Å². The summed E-state index contributed by atoms with van der Waals surface area (Å²) in [6.45, 7) is 2.71. The lowest BCUT2D eigenvalue weighted by atomic mass is 10.0. The second-order valence-electron chi connectivity index (χ2n) is 4.96. The van der Waals surface area contributed by atoms with Crippen LogP contribution in [0.5, 0.6) is 5.75 Å². The van der Waals surface area contributed by atoms with Crippen LogP contribution in [0.3, 0.4) is 0 Å². The number of halogens is 2. The second kappa shape index (κ2) is 7.57. The van der Waals surface area contributed by atoms with Crippen LogP contribution in [-0.2, 0) is 6.42 Å². The average Bonchev–Trinajstić information content (AvgIpc) is 2.48. The highest BCUT2D eigenvalue weighted by Crippen LogP contribution is 2.29. The van der Waals surface area contributed by atoms with E-state index in [-0.39, 0.29) is 17.6 Å². The highest BCUT2D eigenvalue weighted by Gasteiger charge is 2.13. The Hall–Kier alpha value is -1.39. The van der Waals surface area contributed by atoms with E-state index in [1.807, 2.05) is 18.2 Å². The molecular weight excluding hydrogens is 333 g/mol. The number of phenols is 1. The molecule has 1 atom stereocenters. The zero-order valence-corrected chi connectivity index (χ0v) is 13.5. The summed E-state index contributed by atoms with van der Waals surface area (Å²) in [6.07, 6.45) is 1.47. The third-order valence-electron chi connectivity index (χ3n) is 3.52. The lowest BCUT2D eigenvalue weighted by molar-refractivity contribution is 0.441. The maximum Gasteiger partial charge on any atom is 0.126 e. The molecule has 2 aromatic rings. The SMILES string of the molecule is CCC(NCCc1ccccc1F)c1cc(Br)ccc1O. The van der Waals surface area contributed by atoms with Crippen molar-refractivity contribution in [3.63, 3.8) is 0 Å². The first-order valence-corrected chi connectivity index (χ1v) is 7.86. The normalized spacial score (nSPS) is 12.3. The van der Waals surface area contributed by atoms with Gasteiger partial charge in [0.2, 0.25) is 0 Å². The van der Waals surface area contributed by atoms with Gasteiger partial charge in [0.15, 0.2) is 0 Å². The number of aromatic hydroxyl groups is 1. The second-order valence-corrected chi connectivity index (χ2v) is 5.88. The summed E-state index contributed by atoms with van der Waals surface area (Å²) in [5.41, 5.74) is 1.57. The van der Waals surface area contributed by atoms with Crippen molar-refractivity contribution in [2.24, 2.45) is 0 Å². The Morgan fingerprint density at radius 3 is 2.71 bits per heavy atom. The van der Waals surface area contributed by atoms with E-state index in [1.54, 1.807) is 18.2 Å². The van der Waals surface area contributed by atoms with Crippen molar-refractivity contribution >= 4 is 15.9 Å². The molecule has 0 fully saturated rings. The highest BCUT2D eigenvalue weighted by molar-refractivity contribution is 9.10. The summed E-state index contributed by atoms with van der Waals surface area (Å²) in [4.78, 5) is 0. The zero-order valence-electron chi connectivity index (χ0n) is 11.9. The van der Waals surface area contributed by atoms with E-state index >= 15 is 0 Å². The van der Waals surface area contributed by atoms with E-state index < -0.39 is 0 Å². The molecular formula is C17H19BrFNO. The molecule has 0 spiro atoms. The fraction of sp³-hybridized carbons (Fsp3) is 0.294. The smallest absolute Gasteiger partial charge is 0.126 e. The van der Waals surface area contributed by atoms with Gasteiger partial charge in [-0.15, -0.1) is 0 Å². The average molecular weight is 352 g/mol. The predicted molar refractivity (Wildman–Crippen MR) is 86.9 cm³/mol. The molecule has 0 aromatic heterocycles. The molecule has 0 saturated heterocycles. The van der Waals surface area contributed by atoms with Gasteiger partial charge in [-0.1, -0.05) is 41.1 Å². The Morgan fingerprint density at radius 1 is 1.24 bits per heavy atom. The molecule has 0 heterocycles. The monoisotopic (exact) mass is 351 g/mol. The molecule has 112 valence electrons. The van der Waals surface area contributed by atoms with Crippen molar-refractivity contribution in [2.45, 2.75) is 25.8 Å². The molecule has 21 heavy (non-hydrogen) atoms. The van der Waals surface area contributed by atoms with Crippen LogP contribution in [0.15, 0.2) is 46.9 Å². The van der Waals surface area contributed by atoms with Gasteiger partial charge in [0.1, 0.15) is 11.6 Å². The predicted octanol–water partition coefficient (Wildman–Crippen LogP) is 4.58. The first-order chi connectivity index (χ1) is 10.1. The van der Waals surface area contributed by atoms with Gasteiger partial charge in [-0.2, -0.15) is 0 Å². The van der Waals surface area contributed by atoms with E-state index in [1.165, 1.54) is 6.07 Å². The molecule has 1 unspecified atom stereocenters. The first kappa shape index (κ1) is 16.0. The van der Waals surface area contributed by atoms with Gasteiger partial charge < -0.3 is 10.4 Å². The Kier molecular flexibility index (Phi) is 5.76.